The predicted molar refractivity (Wildman–Crippen MR) is 77.8 cm³/mol. The molecule has 0 aromatic carbocycles. The summed E-state index contributed by atoms with van der Waals surface area (Å²) < 4.78 is 0. The average Bonchev–Trinajstić information content (AvgIpc) is 2.69. The van der Waals surface area contributed by atoms with Crippen LogP contribution in [0.2, 0.25) is 0 Å². The number of unbranched alkanes of at least 4 members (excludes halogenated alkanes) is 1. The molecule has 0 radical (unpaired) electrons. The molecule has 3 nitrogen and oxygen atoms in total. The maximum atomic E-state index is 5.55. The largest absolute Gasteiger partial charge is 0.330 e. The Bertz CT molecular complexity index is 204. The van der Waals surface area contributed by atoms with E-state index in [1.807, 2.05) is 0 Å². The first-order valence-electron chi connectivity index (χ1n) is 8.06. The van der Waals surface area contributed by atoms with Crippen molar-refractivity contribution in [3.05, 3.63) is 0 Å². The van der Waals surface area contributed by atoms with Crippen LogP contribution >= 0.6 is 0 Å². The van der Waals surface area contributed by atoms with Crippen LogP contribution in [0.3, 0.4) is 0 Å². The number of likely N-dealkylation sites (tertiary alicyclic amines) is 2. The lowest BCUT2D eigenvalue weighted by molar-refractivity contribution is 0.110. The fraction of sp³-hybridized carbons (Fsp3) is 1.00. The minimum Gasteiger partial charge on any atom is -0.330 e. The molecular formula is C15H31N3. The molecular weight excluding hydrogens is 222 g/mol. The van der Waals surface area contributed by atoms with Crippen molar-refractivity contribution in [1.29, 1.82) is 0 Å². The fourth-order valence-electron chi connectivity index (χ4n) is 3.45. The number of nitrogens with zero attached hydrogens (tertiary/aromatic N) is 2. The van der Waals surface area contributed by atoms with Gasteiger partial charge in [-0.3, -0.25) is 0 Å². The van der Waals surface area contributed by atoms with Crippen molar-refractivity contribution in [3.63, 3.8) is 0 Å². The van der Waals surface area contributed by atoms with Crippen LogP contribution in [-0.4, -0.2) is 55.1 Å². The zero-order valence-electron chi connectivity index (χ0n) is 11.9. The van der Waals surface area contributed by atoms with Gasteiger partial charge in [0, 0.05) is 6.04 Å². The van der Waals surface area contributed by atoms with Gasteiger partial charge in [0.1, 0.15) is 0 Å². The average molecular weight is 253 g/mol. The molecule has 2 aliphatic rings. The van der Waals surface area contributed by atoms with Crippen molar-refractivity contribution in [2.24, 2.45) is 5.73 Å². The molecule has 0 bridgehead atoms. The monoisotopic (exact) mass is 253 g/mol. The number of piperidine rings is 1. The van der Waals surface area contributed by atoms with Gasteiger partial charge in [0.05, 0.1) is 0 Å². The van der Waals surface area contributed by atoms with Crippen LogP contribution < -0.4 is 5.73 Å². The number of hydrogen-bond donors (Lipinski definition) is 1. The molecule has 106 valence electrons. The minimum absolute atomic E-state index is 0.851. The zero-order chi connectivity index (χ0) is 12.6. The molecule has 3 heteroatoms. The van der Waals surface area contributed by atoms with E-state index in [1.165, 1.54) is 84.1 Å². The summed E-state index contributed by atoms with van der Waals surface area (Å²) in [5.74, 6) is 0. The summed E-state index contributed by atoms with van der Waals surface area (Å²) >= 11 is 0. The van der Waals surface area contributed by atoms with E-state index in [-0.39, 0.29) is 0 Å². The lowest BCUT2D eigenvalue weighted by Crippen LogP contribution is -2.45. The third-order valence-corrected chi connectivity index (χ3v) is 4.64. The molecule has 0 spiro atoms. The summed E-state index contributed by atoms with van der Waals surface area (Å²) in [5.41, 5.74) is 5.55. The second kappa shape index (κ2) is 8.13. The van der Waals surface area contributed by atoms with Crippen LogP contribution in [0, 0.1) is 0 Å². The molecule has 0 atom stereocenters. The first-order valence-corrected chi connectivity index (χ1v) is 8.06. The van der Waals surface area contributed by atoms with Crippen LogP contribution in [0.5, 0.6) is 0 Å². The molecule has 0 aromatic heterocycles. The van der Waals surface area contributed by atoms with E-state index >= 15 is 0 Å². The highest BCUT2D eigenvalue weighted by Gasteiger charge is 2.24. The fourth-order valence-corrected chi connectivity index (χ4v) is 3.45. The molecule has 18 heavy (non-hydrogen) atoms. The standard InChI is InChI=1S/C15H31N3/c16-9-3-6-10-17-13-7-15(8-14-17)18-11-4-1-2-5-12-18/h15H,1-14,16H2. The van der Waals surface area contributed by atoms with Gasteiger partial charge in [-0.2, -0.15) is 0 Å². The van der Waals surface area contributed by atoms with E-state index in [9.17, 15) is 0 Å². The third kappa shape index (κ3) is 4.52. The highest BCUT2D eigenvalue weighted by molar-refractivity contribution is 4.80. The van der Waals surface area contributed by atoms with Gasteiger partial charge < -0.3 is 15.5 Å². The molecule has 0 aromatic rings. The Labute approximate surface area is 113 Å². The van der Waals surface area contributed by atoms with Crippen molar-refractivity contribution in [2.75, 3.05) is 39.3 Å². The van der Waals surface area contributed by atoms with Gasteiger partial charge in [-0.1, -0.05) is 12.8 Å². The van der Waals surface area contributed by atoms with Crippen LogP contribution in [0.15, 0.2) is 0 Å². The molecule has 0 amide bonds. The van der Waals surface area contributed by atoms with Crippen LogP contribution in [0.1, 0.15) is 51.4 Å². The lowest BCUT2D eigenvalue weighted by Gasteiger charge is -2.38. The highest BCUT2D eigenvalue weighted by Crippen LogP contribution is 2.20. The summed E-state index contributed by atoms with van der Waals surface area (Å²) in [6.45, 7) is 7.46. The summed E-state index contributed by atoms with van der Waals surface area (Å²) in [6.07, 6.45) is 11.0. The quantitative estimate of drug-likeness (QED) is 0.761. The number of nitrogens with two attached hydrogens (primary N) is 1. The van der Waals surface area contributed by atoms with Gasteiger partial charge in [-0.15, -0.1) is 0 Å². The molecule has 2 fully saturated rings. The molecule has 0 aliphatic carbocycles. The van der Waals surface area contributed by atoms with Crippen molar-refractivity contribution in [3.8, 4) is 0 Å². The summed E-state index contributed by atoms with van der Waals surface area (Å²) in [7, 11) is 0. The van der Waals surface area contributed by atoms with Crippen molar-refractivity contribution in [1.82, 2.24) is 9.80 Å². The molecule has 0 saturated carbocycles. The van der Waals surface area contributed by atoms with Crippen LogP contribution in [0.4, 0.5) is 0 Å². The van der Waals surface area contributed by atoms with Gasteiger partial charge in [0.2, 0.25) is 0 Å². The lowest BCUT2D eigenvalue weighted by atomic mass is 10.0. The van der Waals surface area contributed by atoms with Gasteiger partial charge in [0.25, 0.3) is 0 Å². The zero-order valence-corrected chi connectivity index (χ0v) is 11.9. The maximum absolute atomic E-state index is 5.55. The van der Waals surface area contributed by atoms with E-state index in [4.69, 9.17) is 5.73 Å². The highest BCUT2D eigenvalue weighted by atomic mass is 15.2. The van der Waals surface area contributed by atoms with Crippen molar-refractivity contribution >= 4 is 0 Å². The van der Waals surface area contributed by atoms with Crippen LogP contribution in [0.25, 0.3) is 0 Å². The molecule has 0 unspecified atom stereocenters. The van der Waals surface area contributed by atoms with Gasteiger partial charge >= 0.3 is 0 Å². The second-order valence-corrected chi connectivity index (χ2v) is 6.02. The van der Waals surface area contributed by atoms with Gasteiger partial charge in [0.15, 0.2) is 0 Å². The Morgan fingerprint density at radius 1 is 0.833 bits per heavy atom. The normalized spacial score (nSPS) is 25.2. The Hall–Kier alpha value is -0.120. The Morgan fingerprint density at radius 3 is 2.11 bits per heavy atom. The smallest absolute Gasteiger partial charge is 0.0120 e. The molecule has 2 saturated heterocycles. The molecule has 2 heterocycles. The van der Waals surface area contributed by atoms with E-state index < -0.39 is 0 Å². The summed E-state index contributed by atoms with van der Waals surface area (Å²) in [5, 5.41) is 0. The Morgan fingerprint density at radius 2 is 1.50 bits per heavy atom. The molecule has 2 rings (SSSR count). The second-order valence-electron chi connectivity index (χ2n) is 6.02. The minimum atomic E-state index is 0.851. The first kappa shape index (κ1) is 14.3. The van der Waals surface area contributed by atoms with E-state index in [0.29, 0.717) is 0 Å². The Balaban J connectivity index is 1.65. The maximum Gasteiger partial charge on any atom is 0.0120 e. The topological polar surface area (TPSA) is 32.5 Å². The third-order valence-electron chi connectivity index (χ3n) is 4.64. The molecule has 2 aliphatic heterocycles. The number of rotatable bonds is 5. The summed E-state index contributed by atoms with van der Waals surface area (Å²) in [4.78, 5) is 5.42. The van der Waals surface area contributed by atoms with Crippen LogP contribution in [-0.2, 0) is 0 Å². The van der Waals surface area contributed by atoms with Crippen molar-refractivity contribution < 1.29 is 0 Å². The van der Waals surface area contributed by atoms with E-state index in [0.717, 1.165) is 12.6 Å². The number of hydrogen-bond acceptors (Lipinski definition) is 3. The summed E-state index contributed by atoms with van der Waals surface area (Å²) in [6, 6.07) is 0.883. The van der Waals surface area contributed by atoms with E-state index in [2.05, 4.69) is 9.80 Å². The van der Waals surface area contributed by atoms with Gasteiger partial charge in [-0.05, 0) is 77.8 Å². The molecule has 2 N–H and O–H groups in total. The predicted octanol–water partition coefficient (Wildman–Crippen LogP) is 2.07. The first-order chi connectivity index (χ1) is 8.90. The van der Waals surface area contributed by atoms with E-state index in [1.54, 1.807) is 0 Å². The Kier molecular flexibility index (Phi) is 6.46. The van der Waals surface area contributed by atoms with Crippen molar-refractivity contribution in [2.45, 2.75) is 57.4 Å². The van der Waals surface area contributed by atoms with Gasteiger partial charge in [-0.25, -0.2) is 0 Å². The SMILES string of the molecule is NCCCCN1CCC(N2CCCCCC2)CC1.